The van der Waals surface area contributed by atoms with Gasteiger partial charge in [-0.1, -0.05) is 12.1 Å². The molecule has 96 valence electrons. The summed E-state index contributed by atoms with van der Waals surface area (Å²) in [5.74, 6) is 1.53. The third-order valence-corrected chi connectivity index (χ3v) is 2.98. The van der Waals surface area contributed by atoms with Gasteiger partial charge in [-0.25, -0.2) is 9.97 Å². The standard InChI is InChI=1S/C14H14N4O/c1-19-13-5-3-11(4-6-13)12-9-17-18(10-12)14-15-7-2-8-16-14/h2-9,17H,10H2,1H3. The molecule has 3 rings (SSSR count). The Labute approximate surface area is 111 Å². The largest absolute Gasteiger partial charge is 0.497 e. The summed E-state index contributed by atoms with van der Waals surface area (Å²) in [6.07, 6.45) is 5.43. The van der Waals surface area contributed by atoms with Crippen LogP contribution in [-0.2, 0) is 0 Å². The normalized spacial score (nSPS) is 13.9. The lowest BCUT2D eigenvalue weighted by Gasteiger charge is -2.15. The number of nitrogens with zero attached hydrogens (tertiary/aromatic N) is 3. The lowest BCUT2D eigenvalue weighted by molar-refractivity contribution is 0.415. The van der Waals surface area contributed by atoms with Gasteiger partial charge in [-0.15, -0.1) is 0 Å². The molecule has 0 fully saturated rings. The number of aromatic nitrogens is 2. The Bertz CT molecular complexity index is 580. The summed E-state index contributed by atoms with van der Waals surface area (Å²) >= 11 is 0. The number of benzene rings is 1. The maximum absolute atomic E-state index is 5.16. The highest BCUT2D eigenvalue weighted by Gasteiger charge is 2.17. The average Bonchev–Trinajstić information content (AvgIpc) is 2.98. The van der Waals surface area contributed by atoms with E-state index in [-0.39, 0.29) is 0 Å². The molecule has 0 saturated heterocycles. The summed E-state index contributed by atoms with van der Waals surface area (Å²) in [7, 11) is 1.67. The van der Waals surface area contributed by atoms with Crippen LogP contribution in [0.15, 0.2) is 48.9 Å². The smallest absolute Gasteiger partial charge is 0.244 e. The van der Waals surface area contributed by atoms with Gasteiger partial charge >= 0.3 is 0 Å². The first-order valence-electron chi connectivity index (χ1n) is 6.01. The molecule has 0 atom stereocenters. The van der Waals surface area contributed by atoms with Crippen molar-refractivity contribution in [2.75, 3.05) is 18.7 Å². The summed E-state index contributed by atoms with van der Waals surface area (Å²) in [6, 6.07) is 9.80. The topological polar surface area (TPSA) is 50.3 Å². The Morgan fingerprint density at radius 2 is 1.89 bits per heavy atom. The van der Waals surface area contributed by atoms with Gasteiger partial charge in [-0.05, 0) is 29.3 Å². The molecule has 2 heterocycles. The van der Waals surface area contributed by atoms with Crippen LogP contribution in [0.2, 0.25) is 0 Å². The van der Waals surface area contributed by atoms with Gasteiger partial charge in [0.1, 0.15) is 5.75 Å². The van der Waals surface area contributed by atoms with Gasteiger partial charge in [0.15, 0.2) is 0 Å². The first kappa shape index (κ1) is 11.5. The van der Waals surface area contributed by atoms with E-state index in [1.165, 1.54) is 5.57 Å². The van der Waals surface area contributed by atoms with E-state index in [1.54, 1.807) is 25.6 Å². The molecular formula is C14H14N4O. The molecular weight excluding hydrogens is 240 g/mol. The molecule has 5 heteroatoms. The molecule has 0 radical (unpaired) electrons. The Balaban J connectivity index is 1.74. The van der Waals surface area contributed by atoms with Crippen LogP contribution < -0.4 is 15.2 Å². The maximum atomic E-state index is 5.16. The zero-order valence-corrected chi connectivity index (χ0v) is 10.6. The predicted octanol–water partition coefficient (Wildman–Crippen LogP) is 1.85. The molecule has 1 aliphatic heterocycles. The van der Waals surface area contributed by atoms with Crippen molar-refractivity contribution >= 4 is 11.5 Å². The fraction of sp³-hybridized carbons (Fsp3) is 0.143. The number of hydrogen-bond donors (Lipinski definition) is 1. The molecule has 0 amide bonds. The number of hydrogen-bond acceptors (Lipinski definition) is 5. The van der Waals surface area contributed by atoms with Crippen molar-refractivity contribution < 1.29 is 4.74 Å². The van der Waals surface area contributed by atoms with Crippen LogP contribution in [0, 0.1) is 0 Å². The summed E-state index contributed by atoms with van der Waals surface area (Å²) in [5, 5.41) is 1.90. The second-order valence-electron chi connectivity index (χ2n) is 4.16. The second kappa shape index (κ2) is 4.97. The van der Waals surface area contributed by atoms with Gasteiger partial charge < -0.3 is 10.2 Å². The number of anilines is 1. The number of nitrogens with one attached hydrogen (secondary N) is 1. The van der Waals surface area contributed by atoms with Gasteiger partial charge in [0, 0.05) is 18.6 Å². The van der Waals surface area contributed by atoms with Crippen molar-refractivity contribution in [2.24, 2.45) is 0 Å². The van der Waals surface area contributed by atoms with Crippen molar-refractivity contribution in [3.8, 4) is 5.75 Å². The molecule has 0 bridgehead atoms. The predicted molar refractivity (Wildman–Crippen MR) is 73.5 cm³/mol. The molecule has 0 unspecified atom stereocenters. The lowest BCUT2D eigenvalue weighted by atomic mass is 10.1. The summed E-state index contributed by atoms with van der Waals surface area (Å²) in [4.78, 5) is 8.43. The minimum absolute atomic E-state index is 0.669. The van der Waals surface area contributed by atoms with E-state index in [9.17, 15) is 0 Å². The third kappa shape index (κ3) is 2.35. The summed E-state index contributed by atoms with van der Waals surface area (Å²) < 4.78 is 5.16. The van der Waals surface area contributed by atoms with Crippen LogP contribution in [0.1, 0.15) is 5.56 Å². The number of rotatable bonds is 3. The quantitative estimate of drug-likeness (QED) is 0.906. The van der Waals surface area contributed by atoms with Crippen LogP contribution in [0.25, 0.3) is 5.57 Å². The van der Waals surface area contributed by atoms with Crippen LogP contribution in [0.4, 0.5) is 5.95 Å². The van der Waals surface area contributed by atoms with Gasteiger partial charge in [0.2, 0.25) is 5.95 Å². The Kier molecular flexibility index (Phi) is 3.02. The van der Waals surface area contributed by atoms with Crippen molar-refractivity contribution in [3.63, 3.8) is 0 Å². The second-order valence-corrected chi connectivity index (χ2v) is 4.16. The number of ether oxygens (including phenoxy) is 1. The van der Waals surface area contributed by atoms with E-state index in [1.807, 2.05) is 35.5 Å². The van der Waals surface area contributed by atoms with Crippen LogP contribution in [0.5, 0.6) is 5.75 Å². The average molecular weight is 254 g/mol. The van der Waals surface area contributed by atoms with Crippen molar-refractivity contribution in [1.82, 2.24) is 15.4 Å². The van der Waals surface area contributed by atoms with E-state index >= 15 is 0 Å². The molecule has 2 aromatic rings. The van der Waals surface area contributed by atoms with E-state index < -0.39 is 0 Å². The molecule has 1 N–H and O–H groups in total. The summed E-state index contributed by atoms with van der Waals surface area (Å²) in [5.41, 5.74) is 5.51. The minimum Gasteiger partial charge on any atom is -0.497 e. The van der Waals surface area contributed by atoms with Crippen molar-refractivity contribution in [1.29, 1.82) is 0 Å². The monoisotopic (exact) mass is 254 g/mol. The van der Waals surface area contributed by atoms with Gasteiger partial charge in [0.25, 0.3) is 0 Å². The highest BCUT2D eigenvalue weighted by Crippen LogP contribution is 2.22. The SMILES string of the molecule is COc1ccc(C2=CNN(c3ncccn3)C2)cc1. The van der Waals surface area contributed by atoms with Crippen molar-refractivity contribution in [2.45, 2.75) is 0 Å². The number of hydrazine groups is 1. The first-order chi connectivity index (χ1) is 9.36. The molecule has 1 aromatic carbocycles. The van der Waals surface area contributed by atoms with Gasteiger partial charge in [0.05, 0.1) is 13.7 Å². The fourth-order valence-electron chi connectivity index (χ4n) is 1.96. The number of methoxy groups -OCH3 is 1. The molecule has 5 nitrogen and oxygen atoms in total. The fourth-order valence-corrected chi connectivity index (χ4v) is 1.96. The van der Waals surface area contributed by atoms with Crippen LogP contribution in [0.3, 0.4) is 0 Å². The summed E-state index contributed by atoms with van der Waals surface area (Å²) in [6.45, 7) is 0.732. The third-order valence-electron chi connectivity index (χ3n) is 2.98. The zero-order valence-electron chi connectivity index (χ0n) is 10.6. The Morgan fingerprint density at radius 3 is 2.58 bits per heavy atom. The van der Waals surface area contributed by atoms with E-state index in [2.05, 4.69) is 15.4 Å². The molecule has 1 aliphatic rings. The van der Waals surface area contributed by atoms with E-state index in [0.717, 1.165) is 17.9 Å². The Morgan fingerprint density at radius 1 is 1.16 bits per heavy atom. The van der Waals surface area contributed by atoms with Gasteiger partial charge in [-0.3, -0.25) is 5.01 Å². The maximum Gasteiger partial charge on any atom is 0.244 e. The highest BCUT2D eigenvalue weighted by molar-refractivity contribution is 5.71. The van der Waals surface area contributed by atoms with Gasteiger partial charge in [-0.2, -0.15) is 0 Å². The molecule has 0 aliphatic carbocycles. The zero-order chi connectivity index (χ0) is 13.1. The first-order valence-corrected chi connectivity index (χ1v) is 6.01. The van der Waals surface area contributed by atoms with E-state index in [0.29, 0.717) is 5.95 Å². The Hall–Kier alpha value is -2.56. The lowest BCUT2D eigenvalue weighted by Crippen LogP contribution is -2.31. The van der Waals surface area contributed by atoms with Crippen molar-refractivity contribution in [3.05, 3.63) is 54.5 Å². The molecule has 19 heavy (non-hydrogen) atoms. The molecule has 1 aromatic heterocycles. The van der Waals surface area contributed by atoms with Crippen LogP contribution >= 0.6 is 0 Å². The molecule has 0 saturated carbocycles. The highest BCUT2D eigenvalue weighted by atomic mass is 16.5. The van der Waals surface area contributed by atoms with E-state index in [4.69, 9.17) is 4.74 Å². The van der Waals surface area contributed by atoms with Crippen LogP contribution in [-0.4, -0.2) is 23.6 Å². The minimum atomic E-state index is 0.669. The molecule has 0 spiro atoms.